The van der Waals surface area contributed by atoms with Crippen LogP contribution in [0.1, 0.15) is 29.9 Å². The summed E-state index contributed by atoms with van der Waals surface area (Å²) in [5, 5.41) is 0. The van der Waals surface area contributed by atoms with Crippen LogP contribution in [0.5, 0.6) is 0 Å². The third kappa shape index (κ3) is 5.13. The van der Waals surface area contributed by atoms with E-state index in [0.717, 1.165) is 11.1 Å². The van der Waals surface area contributed by atoms with Gasteiger partial charge in [-0.05, 0) is 24.0 Å². The minimum Gasteiger partial charge on any atom is -0.459 e. The minimum atomic E-state index is -4.93. The lowest BCUT2D eigenvalue weighted by Crippen LogP contribution is -2.25. The molecule has 0 aliphatic rings. The molecule has 23 heavy (non-hydrogen) atoms. The highest BCUT2D eigenvalue weighted by molar-refractivity contribution is 5.75. The van der Waals surface area contributed by atoms with Gasteiger partial charge in [0.25, 0.3) is 0 Å². The Labute approximate surface area is 132 Å². The van der Waals surface area contributed by atoms with Crippen LogP contribution in [0.3, 0.4) is 0 Å². The van der Waals surface area contributed by atoms with E-state index < -0.39 is 12.1 Å². The van der Waals surface area contributed by atoms with Crippen molar-refractivity contribution in [2.75, 3.05) is 6.61 Å². The normalized spacial score (nSPS) is 11.5. The number of hydrogen-bond acceptors (Lipinski definition) is 2. The molecule has 0 spiro atoms. The van der Waals surface area contributed by atoms with Gasteiger partial charge in [0.1, 0.15) is 0 Å². The number of carbonyl (C=O) groups is 1. The lowest BCUT2D eigenvalue weighted by atomic mass is 9.88. The van der Waals surface area contributed by atoms with E-state index in [4.69, 9.17) is 0 Å². The van der Waals surface area contributed by atoms with Crippen LogP contribution in [0.15, 0.2) is 60.7 Å². The molecular formula is C18H17F3O2. The lowest BCUT2D eigenvalue weighted by Gasteiger charge is -2.18. The first-order valence-corrected chi connectivity index (χ1v) is 7.32. The van der Waals surface area contributed by atoms with Gasteiger partial charge in [-0.15, -0.1) is 0 Å². The molecule has 0 saturated carbocycles. The Kier molecular flexibility index (Phi) is 5.79. The molecule has 2 nitrogen and oxygen atoms in total. The van der Waals surface area contributed by atoms with Crippen LogP contribution >= 0.6 is 0 Å². The number of benzene rings is 2. The molecular weight excluding hydrogens is 305 g/mol. The van der Waals surface area contributed by atoms with Crippen molar-refractivity contribution in [2.45, 2.75) is 24.9 Å². The van der Waals surface area contributed by atoms with Crippen LogP contribution in [-0.2, 0) is 9.53 Å². The van der Waals surface area contributed by atoms with Crippen molar-refractivity contribution in [3.05, 3.63) is 71.8 Å². The van der Waals surface area contributed by atoms with Gasteiger partial charge < -0.3 is 4.74 Å². The molecule has 2 aromatic rings. The Morgan fingerprint density at radius 1 is 0.913 bits per heavy atom. The number of halogens is 3. The summed E-state index contributed by atoms with van der Waals surface area (Å²) in [6.45, 7) is -0.242. The zero-order valence-electron chi connectivity index (χ0n) is 12.4. The SMILES string of the molecule is O=C(OCCCC(c1ccccc1)c1ccccc1)C(F)(F)F. The fourth-order valence-electron chi connectivity index (χ4n) is 2.43. The molecule has 0 radical (unpaired) electrons. The van der Waals surface area contributed by atoms with Gasteiger partial charge in [-0.1, -0.05) is 60.7 Å². The van der Waals surface area contributed by atoms with Crippen molar-refractivity contribution in [3.63, 3.8) is 0 Å². The Morgan fingerprint density at radius 3 is 1.83 bits per heavy atom. The molecule has 0 unspecified atom stereocenters. The van der Waals surface area contributed by atoms with Gasteiger partial charge in [-0.2, -0.15) is 13.2 Å². The van der Waals surface area contributed by atoms with Gasteiger partial charge in [0.05, 0.1) is 6.61 Å². The number of ether oxygens (including phenoxy) is 1. The van der Waals surface area contributed by atoms with Crippen LogP contribution in [-0.4, -0.2) is 18.8 Å². The van der Waals surface area contributed by atoms with E-state index in [1.807, 2.05) is 60.7 Å². The highest BCUT2D eigenvalue weighted by atomic mass is 19.4. The average Bonchev–Trinajstić information content (AvgIpc) is 2.55. The zero-order chi connectivity index (χ0) is 16.7. The summed E-state index contributed by atoms with van der Waals surface area (Å²) < 4.78 is 40.5. The van der Waals surface area contributed by atoms with Crippen molar-refractivity contribution in [3.8, 4) is 0 Å². The molecule has 0 heterocycles. The van der Waals surface area contributed by atoms with Gasteiger partial charge in [-0.25, -0.2) is 4.79 Å². The van der Waals surface area contributed by atoms with Crippen molar-refractivity contribution in [1.29, 1.82) is 0 Å². The summed E-state index contributed by atoms with van der Waals surface area (Å²) in [6.07, 6.45) is -3.98. The molecule has 2 rings (SSSR count). The molecule has 0 atom stereocenters. The predicted octanol–water partition coefficient (Wildman–Crippen LogP) is 4.70. The topological polar surface area (TPSA) is 26.3 Å². The molecule has 0 N–H and O–H groups in total. The Balaban J connectivity index is 1.99. The second kappa shape index (κ2) is 7.81. The fraction of sp³-hybridized carbons (Fsp3) is 0.278. The number of rotatable bonds is 6. The maximum Gasteiger partial charge on any atom is 0.490 e. The highest BCUT2D eigenvalue weighted by Crippen LogP contribution is 2.29. The number of alkyl halides is 3. The Morgan fingerprint density at radius 2 is 1.39 bits per heavy atom. The molecule has 0 amide bonds. The summed E-state index contributed by atoms with van der Waals surface area (Å²) in [6, 6.07) is 19.5. The van der Waals surface area contributed by atoms with Crippen LogP contribution in [0.2, 0.25) is 0 Å². The standard InChI is InChI=1S/C18H17F3O2/c19-18(20,21)17(22)23-13-7-12-16(14-8-3-1-4-9-14)15-10-5-2-6-11-15/h1-6,8-11,16H,7,12-13H2. The molecule has 0 fully saturated rings. The molecule has 2 aromatic carbocycles. The van der Waals surface area contributed by atoms with Crippen molar-refractivity contribution >= 4 is 5.97 Å². The molecule has 122 valence electrons. The molecule has 0 saturated heterocycles. The van der Waals surface area contributed by atoms with Crippen LogP contribution < -0.4 is 0 Å². The quantitative estimate of drug-likeness (QED) is 0.569. The van der Waals surface area contributed by atoms with E-state index in [9.17, 15) is 18.0 Å². The molecule has 0 bridgehead atoms. The van der Waals surface area contributed by atoms with Crippen LogP contribution in [0.25, 0.3) is 0 Å². The number of carbonyl (C=O) groups excluding carboxylic acids is 1. The number of hydrogen-bond donors (Lipinski definition) is 0. The Hall–Kier alpha value is -2.30. The van der Waals surface area contributed by atoms with Crippen molar-refractivity contribution < 1.29 is 22.7 Å². The maximum absolute atomic E-state index is 12.1. The summed E-state index contributed by atoms with van der Waals surface area (Å²) in [5.41, 5.74) is 2.17. The maximum atomic E-state index is 12.1. The van der Waals surface area contributed by atoms with Crippen molar-refractivity contribution in [1.82, 2.24) is 0 Å². The summed E-state index contributed by atoms with van der Waals surface area (Å²) in [5.74, 6) is -2.07. The van der Waals surface area contributed by atoms with E-state index in [0.29, 0.717) is 12.8 Å². The third-order valence-corrected chi connectivity index (χ3v) is 3.51. The van der Waals surface area contributed by atoms with Crippen LogP contribution in [0.4, 0.5) is 13.2 Å². The van der Waals surface area contributed by atoms with Gasteiger partial charge in [0.15, 0.2) is 0 Å². The first kappa shape index (κ1) is 17.1. The Bertz CT molecular complexity index is 570. The lowest BCUT2D eigenvalue weighted by molar-refractivity contribution is -0.199. The second-order valence-corrected chi connectivity index (χ2v) is 5.15. The minimum absolute atomic E-state index is 0.0574. The van der Waals surface area contributed by atoms with E-state index in [2.05, 4.69) is 4.74 Å². The van der Waals surface area contributed by atoms with E-state index in [-0.39, 0.29) is 12.5 Å². The van der Waals surface area contributed by atoms with Gasteiger partial charge >= 0.3 is 12.1 Å². The molecule has 0 aliphatic carbocycles. The predicted molar refractivity (Wildman–Crippen MR) is 81.0 cm³/mol. The highest BCUT2D eigenvalue weighted by Gasteiger charge is 2.40. The zero-order valence-corrected chi connectivity index (χ0v) is 12.4. The second-order valence-electron chi connectivity index (χ2n) is 5.15. The first-order valence-electron chi connectivity index (χ1n) is 7.32. The smallest absolute Gasteiger partial charge is 0.459 e. The van der Waals surface area contributed by atoms with E-state index >= 15 is 0 Å². The first-order chi connectivity index (χ1) is 11.0. The van der Waals surface area contributed by atoms with E-state index in [1.54, 1.807) is 0 Å². The summed E-state index contributed by atoms with van der Waals surface area (Å²) in [4.78, 5) is 10.7. The fourth-order valence-corrected chi connectivity index (χ4v) is 2.43. The molecule has 0 aromatic heterocycles. The molecule has 0 aliphatic heterocycles. The van der Waals surface area contributed by atoms with Crippen molar-refractivity contribution in [2.24, 2.45) is 0 Å². The number of esters is 1. The monoisotopic (exact) mass is 322 g/mol. The van der Waals surface area contributed by atoms with Gasteiger partial charge in [0.2, 0.25) is 0 Å². The van der Waals surface area contributed by atoms with E-state index in [1.165, 1.54) is 0 Å². The largest absolute Gasteiger partial charge is 0.490 e. The summed E-state index contributed by atoms with van der Waals surface area (Å²) >= 11 is 0. The van der Waals surface area contributed by atoms with Crippen LogP contribution in [0, 0.1) is 0 Å². The van der Waals surface area contributed by atoms with Gasteiger partial charge in [-0.3, -0.25) is 0 Å². The van der Waals surface area contributed by atoms with Gasteiger partial charge in [0, 0.05) is 5.92 Å². The third-order valence-electron chi connectivity index (χ3n) is 3.51. The molecule has 5 heteroatoms. The average molecular weight is 322 g/mol. The summed E-state index contributed by atoms with van der Waals surface area (Å²) in [7, 11) is 0.